The van der Waals surface area contributed by atoms with E-state index in [9.17, 15) is 4.79 Å². The van der Waals surface area contributed by atoms with Crippen LogP contribution in [0.5, 0.6) is 0 Å². The van der Waals surface area contributed by atoms with Gasteiger partial charge in [0.1, 0.15) is 0 Å². The lowest BCUT2D eigenvalue weighted by atomic mass is 9.95. The maximum absolute atomic E-state index is 11.6. The molecule has 0 aromatic heterocycles. The molecular formula is C18H27N3O. The third kappa shape index (κ3) is 4.08. The van der Waals surface area contributed by atoms with Crippen LogP contribution in [-0.4, -0.2) is 47.9 Å². The molecule has 1 saturated carbocycles. The quantitative estimate of drug-likeness (QED) is 0.872. The second-order valence-corrected chi connectivity index (χ2v) is 6.67. The Bertz CT molecular complexity index is 478. The number of carbonyl (C=O) groups is 1. The van der Waals surface area contributed by atoms with Gasteiger partial charge in [0, 0.05) is 32.2 Å². The van der Waals surface area contributed by atoms with Crippen LogP contribution in [-0.2, 0) is 11.3 Å². The number of likely N-dealkylation sites (tertiary alicyclic amines) is 1. The number of nitrogens with two attached hydrogens (primary N) is 1. The molecule has 0 bridgehead atoms. The zero-order chi connectivity index (χ0) is 15.4. The number of hydrogen-bond acceptors (Lipinski definition) is 3. The van der Waals surface area contributed by atoms with Gasteiger partial charge in [0.05, 0.1) is 6.54 Å². The van der Waals surface area contributed by atoms with Gasteiger partial charge in [-0.3, -0.25) is 9.69 Å². The van der Waals surface area contributed by atoms with Crippen molar-refractivity contribution in [1.82, 2.24) is 9.80 Å². The monoisotopic (exact) mass is 301 g/mol. The standard InChI is InChI=1S/C18H27N3O/c19-12-18(22)20-10-8-16(9-11-20)14-21(17-6-7-17)13-15-4-2-1-3-5-15/h1-5,16-17H,6-14,19H2. The number of nitrogens with zero attached hydrogens (tertiary/aromatic N) is 2. The fourth-order valence-electron chi connectivity index (χ4n) is 3.43. The highest BCUT2D eigenvalue weighted by molar-refractivity contribution is 5.78. The summed E-state index contributed by atoms with van der Waals surface area (Å²) in [5.74, 6) is 0.813. The fourth-order valence-corrected chi connectivity index (χ4v) is 3.43. The van der Waals surface area contributed by atoms with E-state index in [1.165, 1.54) is 24.9 Å². The van der Waals surface area contributed by atoms with Crippen molar-refractivity contribution >= 4 is 5.91 Å². The first kappa shape index (κ1) is 15.5. The van der Waals surface area contributed by atoms with Gasteiger partial charge < -0.3 is 10.6 Å². The van der Waals surface area contributed by atoms with Crippen molar-refractivity contribution in [1.29, 1.82) is 0 Å². The highest BCUT2D eigenvalue weighted by atomic mass is 16.2. The van der Waals surface area contributed by atoms with Crippen LogP contribution >= 0.6 is 0 Å². The average molecular weight is 301 g/mol. The van der Waals surface area contributed by atoms with Gasteiger partial charge in [-0.2, -0.15) is 0 Å². The summed E-state index contributed by atoms with van der Waals surface area (Å²) in [5.41, 5.74) is 6.86. The van der Waals surface area contributed by atoms with Crippen LogP contribution in [0.2, 0.25) is 0 Å². The number of amides is 1. The maximum atomic E-state index is 11.6. The summed E-state index contributed by atoms with van der Waals surface area (Å²) >= 11 is 0. The van der Waals surface area contributed by atoms with Crippen molar-refractivity contribution in [3.05, 3.63) is 35.9 Å². The minimum Gasteiger partial charge on any atom is -0.342 e. The van der Waals surface area contributed by atoms with Crippen LogP contribution in [0.4, 0.5) is 0 Å². The van der Waals surface area contributed by atoms with Crippen LogP contribution in [0, 0.1) is 5.92 Å². The molecular weight excluding hydrogens is 274 g/mol. The zero-order valence-electron chi connectivity index (χ0n) is 13.3. The lowest BCUT2D eigenvalue weighted by molar-refractivity contribution is -0.131. The molecule has 1 aromatic carbocycles. The summed E-state index contributed by atoms with van der Waals surface area (Å²) in [7, 11) is 0. The maximum Gasteiger partial charge on any atom is 0.236 e. The van der Waals surface area contributed by atoms with E-state index in [-0.39, 0.29) is 12.5 Å². The predicted octanol–water partition coefficient (Wildman–Crippen LogP) is 1.85. The first-order valence-electron chi connectivity index (χ1n) is 8.52. The van der Waals surface area contributed by atoms with E-state index in [1.54, 1.807) is 0 Å². The third-order valence-electron chi connectivity index (χ3n) is 4.93. The molecule has 0 atom stereocenters. The molecule has 1 heterocycles. The van der Waals surface area contributed by atoms with E-state index in [1.807, 2.05) is 4.90 Å². The Morgan fingerprint density at radius 1 is 1.14 bits per heavy atom. The van der Waals surface area contributed by atoms with Crippen molar-refractivity contribution in [2.45, 2.75) is 38.3 Å². The Hall–Kier alpha value is -1.39. The summed E-state index contributed by atoms with van der Waals surface area (Å²) < 4.78 is 0. The molecule has 1 aliphatic carbocycles. The molecule has 4 heteroatoms. The number of rotatable bonds is 6. The van der Waals surface area contributed by atoms with Crippen molar-refractivity contribution in [2.75, 3.05) is 26.2 Å². The first-order chi connectivity index (χ1) is 10.8. The molecule has 120 valence electrons. The van der Waals surface area contributed by atoms with Gasteiger partial charge in [0.25, 0.3) is 0 Å². The second kappa shape index (κ2) is 7.25. The van der Waals surface area contributed by atoms with Gasteiger partial charge >= 0.3 is 0 Å². The Balaban J connectivity index is 1.51. The molecule has 0 spiro atoms. The number of benzene rings is 1. The molecule has 2 aliphatic rings. The smallest absolute Gasteiger partial charge is 0.236 e. The van der Waals surface area contributed by atoms with Crippen LogP contribution in [0.3, 0.4) is 0 Å². The third-order valence-corrected chi connectivity index (χ3v) is 4.93. The minimum absolute atomic E-state index is 0.0989. The van der Waals surface area contributed by atoms with Crippen molar-refractivity contribution < 1.29 is 4.79 Å². The van der Waals surface area contributed by atoms with Gasteiger partial charge in [-0.05, 0) is 37.2 Å². The minimum atomic E-state index is 0.0989. The molecule has 1 saturated heterocycles. The summed E-state index contributed by atoms with van der Waals surface area (Å²) in [4.78, 5) is 16.2. The lowest BCUT2D eigenvalue weighted by Crippen LogP contribution is -2.44. The number of piperidine rings is 1. The summed E-state index contributed by atoms with van der Waals surface area (Å²) in [5, 5.41) is 0. The Labute approximate surface area is 133 Å². The second-order valence-electron chi connectivity index (χ2n) is 6.67. The molecule has 1 amide bonds. The van der Waals surface area contributed by atoms with Crippen LogP contribution in [0.25, 0.3) is 0 Å². The lowest BCUT2D eigenvalue weighted by Gasteiger charge is -2.35. The Morgan fingerprint density at radius 2 is 1.82 bits per heavy atom. The average Bonchev–Trinajstić information content (AvgIpc) is 3.40. The van der Waals surface area contributed by atoms with E-state index in [4.69, 9.17) is 5.73 Å². The molecule has 3 rings (SSSR count). The Morgan fingerprint density at radius 3 is 2.41 bits per heavy atom. The zero-order valence-corrected chi connectivity index (χ0v) is 13.3. The first-order valence-corrected chi connectivity index (χ1v) is 8.52. The normalized spacial score (nSPS) is 19.6. The Kier molecular flexibility index (Phi) is 5.11. The van der Waals surface area contributed by atoms with Gasteiger partial charge in [-0.1, -0.05) is 30.3 Å². The van der Waals surface area contributed by atoms with E-state index in [2.05, 4.69) is 35.2 Å². The molecule has 2 N–H and O–H groups in total. The molecule has 4 nitrogen and oxygen atoms in total. The molecule has 0 radical (unpaired) electrons. The van der Waals surface area contributed by atoms with Gasteiger partial charge in [-0.15, -0.1) is 0 Å². The molecule has 0 unspecified atom stereocenters. The highest BCUT2D eigenvalue weighted by Gasteiger charge is 2.32. The number of carbonyl (C=O) groups excluding carboxylic acids is 1. The topological polar surface area (TPSA) is 49.6 Å². The molecule has 2 fully saturated rings. The largest absolute Gasteiger partial charge is 0.342 e. The van der Waals surface area contributed by atoms with E-state index >= 15 is 0 Å². The van der Waals surface area contributed by atoms with Crippen molar-refractivity contribution in [3.8, 4) is 0 Å². The summed E-state index contributed by atoms with van der Waals surface area (Å²) in [6, 6.07) is 11.5. The van der Waals surface area contributed by atoms with E-state index in [0.717, 1.165) is 38.5 Å². The van der Waals surface area contributed by atoms with Crippen LogP contribution in [0.15, 0.2) is 30.3 Å². The van der Waals surface area contributed by atoms with E-state index < -0.39 is 0 Å². The van der Waals surface area contributed by atoms with Gasteiger partial charge in [0.15, 0.2) is 0 Å². The SMILES string of the molecule is NCC(=O)N1CCC(CN(Cc2ccccc2)C2CC2)CC1. The number of hydrogen-bond donors (Lipinski definition) is 1. The van der Waals surface area contributed by atoms with Crippen molar-refractivity contribution in [2.24, 2.45) is 11.7 Å². The highest BCUT2D eigenvalue weighted by Crippen LogP contribution is 2.30. The van der Waals surface area contributed by atoms with Gasteiger partial charge in [0.2, 0.25) is 5.91 Å². The van der Waals surface area contributed by atoms with Gasteiger partial charge in [-0.25, -0.2) is 0 Å². The predicted molar refractivity (Wildman–Crippen MR) is 88.2 cm³/mol. The molecule has 22 heavy (non-hydrogen) atoms. The van der Waals surface area contributed by atoms with Crippen molar-refractivity contribution in [3.63, 3.8) is 0 Å². The fraction of sp³-hybridized carbons (Fsp3) is 0.611. The van der Waals surface area contributed by atoms with Crippen LogP contribution < -0.4 is 5.73 Å². The molecule has 1 aromatic rings. The van der Waals surface area contributed by atoms with Crippen LogP contribution in [0.1, 0.15) is 31.2 Å². The molecule has 1 aliphatic heterocycles. The summed E-state index contributed by atoms with van der Waals surface area (Å²) in [6.07, 6.45) is 4.92. The van der Waals surface area contributed by atoms with E-state index in [0.29, 0.717) is 5.92 Å². The summed E-state index contributed by atoms with van der Waals surface area (Å²) in [6.45, 7) is 4.14.